The molecule has 6 nitrogen and oxygen atoms in total. The lowest BCUT2D eigenvalue weighted by Gasteiger charge is -2.24. The van der Waals surface area contributed by atoms with Crippen LogP contribution in [0.3, 0.4) is 0 Å². The van der Waals surface area contributed by atoms with Gasteiger partial charge in [0.1, 0.15) is 0 Å². The predicted octanol–water partition coefficient (Wildman–Crippen LogP) is 4.02. The molecule has 1 atom stereocenters. The van der Waals surface area contributed by atoms with Crippen LogP contribution >= 0.6 is 23.4 Å². The van der Waals surface area contributed by atoms with Crippen molar-refractivity contribution >= 4 is 40.2 Å². The summed E-state index contributed by atoms with van der Waals surface area (Å²) in [5, 5.41) is 4.39. The molecule has 158 valence electrons. The first kappa shape index (κ1) is 22.1. The molecule has 1 aromatic heterocycles. The number of nitrogens with one attached hydrogen (secondary N) is 1. The number of hydrogen-bond acceptors (Lipinski definition) is 5. The number of rotatable bonds is 8. The monoisotopic (exact) mass is 437 g/mol. The summed E-state index contributed by atoms with van der Waals surface area (Å²) in [6.07, 6.45) is 6.34. The smallest absolute Gasteiger partial charge is 0.262 e. The van der Waals surface area contributed by atoms with Crippen molar-refractivity contribution in [2.75, 3.05) is 13.7 Å². The zero-order chi connectivity index (χ0) is 20.8. The number of carbonyl (C=O) groups is 1. The maximum atomic E-state index is 13.0. The van der Waals surface area contributed by atoms with Gasteiger partial charge in [-0.05, 0) is 44.4 Å². The van der Waals surface area contributed by atoms with Crippen molar-refractivity contribution in [3.63, 3.8) is 0 Å². The first-order valence-corrected chi connectivity index (χ1v) is 11.4. The van der Waals surface area contributed by atoms with Crippen molar-refractivity contribution in [3.8, 4) is 0 Å². The van der Waals surface area contributed by atoms with E-state index < -0.39 is 0 Å². The molecule has 1 saturated carbocycles. The van der Waals surface area contributed by atoms with Crippen LogP contribution in [0.2, 0.25) is 5.02 Å². The second kappa shape index (κ2) is 10.5. The average molecular weight is 438 g/mol. The minimum atomic E-state index is -0.353. The Balaban J connectivity index is 1.84. The summed E-state index contributed by atoms with van der Waals surface area (Å²) in [6.45, 7) is 2.89. The number of ether oxygens (including phenoxy) is 1. The van der Waals surface area contributed by atoms with Crippen molar-refractivity contribution in [1.29, 1.82) is 0 Å². The largest absolute Gasteiger partial charge is 0.385 e. The number of hydrogen-bond donors (Lipinski definition) is 1. The lowest BCUT2D eigenvalue weighted by Crippen LogP contribution is -2.40. The summed E-state index contributed by atoms with van der Waals surface area (Å²) in [6, 6.07) is 5.34. The highest BCUT2D eigenvalue weighted by Crippen LogP contribution is 2.25. The molecule has 0 saturated heterocycles. The molecule has 1 aliphatic rings. The van der Waals surface area contributed by atoms with E-state index in [2.05, 4.69) is 10.3 Å². The third-order valence-corrected chi connectivity index (χ3v) is 6.54. The van der Waals surface area contributed by atoms with Crippen molar-refractivity contribution in [1.82, 2.24) is 14.9 Å². The van der Waals surface area contributed by atoms with Crippen LogP contribution in [0.4, 0.5) is 0 Å². The Labute approximate surface area is 180 Å². The third kappa shape index (κ3) is 5.74. The maximum Gasteiger partial charge on any atom is 0.262 e. The van der Waals surface area contributed by atoms with Gasteiger partial charge >= 0.3 is 0 Å². The molecule has 1 unspecified atom stereocenters. The fraction of sp³-hybridized carbons (Fsp3) is 0.571. The number of nitrogens with zero attached hydrogens (tertiary/aromatic N) is 2. The Morgan fingerprint density at radius 1 is 1.38 bits per heavy atom. The van der Waals surface area contributed by atoms with E-state index >= 15 is 0 Å². The predicted molar refractivity (Wildman–Crippen MR) is 118 cm³/mol. The first-order chi connectivity index (χ1) is 14.0. The van der Waals surface area contributed by atoms with Gasteiger partial charge in [0, 0.05) is 31.3 Å². The highest BCUT2D eigenvalue weighted by atomic mass is 35.5. The van der Waals surface area contributed by atoms with Crippen LogP contribution < -0.4 is 10.9 Å². The van der Waals surface area contributed by atoms with Crippen LogP contribution in [0.1, 0.15) is 45.4 Å². The number of thioether (sulfide) groups is 1. The number of halogens is 1. The van der Waals surface area contributed by atoms with Crippen LogP contribution in [-0.2, 0) is 16.1 Å². The SMILES string of the molecule is COCCCn1c(SC(C)C(=O)NC2CCCCC2)nc2cc(Cl)ccc2c1=O. The summed E-state index contributed by atoms with van der Waals surface area (Å²) in [5.41, 5.74) is 0.429. The summed E-state index contributed by atoms with van der Waals surface area (Å²) < 4.78 is 6.77. The summed E-state index contributed by atoms with van der Waals surface area (Å²) in [5.74, 6) is -0.00854. The molecule has 2 aromatic rings. The zero-order valence-corrected chi connectivity index (χ0v) is 18.5. The van der Waals surface area contributed by atoms with Crippen LogP contribution in [0, 0.1) is 0 Å². The van der Waals surface area contributed by atoms with E-state index in [1.54, 1.807) is 29.9 Å². The van der Waals surface area contributed by atoms with Gasteiger partial charge in [-0.2, -0.15) is 0 Å². The summed E-state index contributed by atoms with van der Waals surface area (Å²) in [7, 11) is 1.64. The van der Waals surface area contributed by atoms with Gasteiger partial charge in [-0.15, -0.1) is 0 Å². The molecule has 0 bridgehead atoms. The fourth-order valence-corrected chi connectivity index (χ4v) is 4.72. The number of methoxy groups -OCH3 is 1. The van der Waals surface area contributed by atoms with E-state index in [0.717, 1.165) is 12.8 Å². The number of amides is 1. The lowest BCUT2D eigenvalue weighted by molar-refractivity contribution is -0.121. The van der Waals surface area contributed by atoms with Gasteiger partial charge in [0.15, 0.2) is 5.16 Å². The first-order valence-electron chi connectivity index (χ1n) is 10.2. The molecule has 3 rings (SSSR count). The number of benzene rings is 1. The molecular formula is C21H28ClN3O3S. The van der Waals surface area contributed by atoms with E-state index in [4.69, 9.17) is 16.3 Å². The number of aromatic nitrogens is 2. The van der Waals surface area contributed by atoms with E-state index in [1.807, 2.05) is 6.92 Å². The van der Waals surface area contributed by atoms with E-state index in [-0.39, 0.29) is 22.8 Å². The van der Waals surface area contributed by atoms with Gasteiger partial charge < -0.3 is 10.1 Å². The minimum Gasteiger partial charge on any atom is -0.385 e. The van der Waals surface area contributed by atoms with Gasteiger partial charge in [0.05, 0.1) is 16.2 Å². The molecule has 1 aromatic carbocycles. The van der Waals surface area contributed by atoms with Crippen molar-refractivity contribution < 1.29 is 9.53 Å². The maximum absolute atomic E-state index is 13.0. The molecule has 1 amide bonds. The molecule has 0 radical (unpaired) electrons. The molecule has 1 fully saturated rings. The minimum absolute atomic E-state index is 0.00854. The lowest BCUT2D eigenvalue weighted by atomic mass is 9.95. The van der Waals surface area contributed by atoms with Crippen LogP contribution in [0.25, 0.3) is 10.9 Å². The Bertz CT molecular complexity index is 912. The van der Waals surface area contributed by atoms with Crippen molar-refractivity contribution in [2.45, 2.75) is 68.4 Å². The second-order valence-corrected chi connectivity index (χ2v) is 9.21. The second-order valence-electron chi connectivity index (χ2n) is 7.46. The van der Waals surface area contributed by atoms with Gasteiger partial charge in [-0.1, -0.05) is 42.6 Å². The van der Waals surface area contributed by atoms with E-state index in [9.17, 15) is 9.59 Å². The Morgan fingerprint density at radius 3 is 2.86 bits per heavy atom. The fourth-order valence-electron chi connectivity index (χ4n) is 3.61. The summed E-state index contributed by atoms with van der Waals surface area (Å²) in [4.78, 5) is 30.4. The molecular weight excluding hydrogens is 410 g/mol. The quantitative estimate of drug-likeness (QED) is 0.383. The van der Waals surface area contributed by atoms with Crippen LogP contribution in [-0.4, -0.2) is 40.5 Å². The van der Waals surface area contributed by atoms with Gasteiger partial charge in [-0.25, -0.2) is 4.98 Å². The number of fused-ring (bicyclic) bond motifs is 1. The van der Waals surface area contributed by atoms with E-state index in [1.165, 1.54) is 31.0 Å². The summed E-state index contributed by atoms with van der Waals surface area (Å²) >= 11 is 7.41. The molecule has 29 heavy (non-hydrogen) atoms. The van der Waals surface area contributed by atoms with Crippen LogP contribution in [0.15, 0.2) is 28.2 Å². The van der Waals surface area contributed by atoms with Crippen LogP contribution in [0.5, 0.6) is 0 Å². The average Bonchev–Trinajstić information content (AvgIpc) is 2.70. The Morgan fingerprint density at radius 2 is 2.14 bits per heavy atom. The van der Waals surface area contributed by atoms with Gasteiger partial charge in [0.25, 0.3) is 5.56 Å². The standard InChI is InChI=1S/C21H28ClN3O3S/c1-14(19(26)23-16-7-4-3-5-8-16)29-21-24-18-13-15(22)9-10-17(18)20(27)25(21)11-6-12-28-2/h9-10,13-14,16H,3-8,11-12H2,1-2H3,(H,23,26). The molecule has 1 aliphatic carbocycles. The van der Waals surface area contributed by atoms with Crippen molar-refractivity contribution in [3.05, 3.63) is 33.6 Å². The van der Waals surface area contributed by atoms with Gasteiger partial charge in [-0.3, -0.25) is 14.2 Å². The Kier molecular flexibility index (Phi) is 7.98. The Hall–Kier alpha value is -1.57. The molecule has 1 heterocycles. The molecule has 8 heteroatoms. The van der Waals surface area contributed by atoms with Crippen molar-refractivity contribution in [2.24, 2.45) is 0 Å². The highest BCUT2D eigenvalue weighted by Gasteiger charge is 2.22. The number of carbonyl (C=O) groups excluding carboxylic acids is 1. The molecule has 0 aliphatic heterocycles. The zero-order valence-electron chi connectivity index (χ0n) is 16.9. The van der Waals surface area contributed by atoms with E-state index in [0.29, 0.717) is 40.7 Å². The third-order valence-electron chi connectivity index (χ3n) is 5.22. The molecule has 1 N–H and O–H groups in total. The topological polar surface area (TPSA) is 73.2 Å². The van der Waals surface area contributed by atoms with Gasteiger partial charge in [0.2, 0.25) is 5.91 Å². The highest BCUT2D eigenvalue weighted by molar-refractivity contribution is 8.00. The normalized spacial score (nSPS) is 16.1. The molecule has 0 spiro atoms.